The average molecular weight is 274 g/mol. The molecule has 1 aliphatic carbocycles. The van der Waals surface area contributed by atoms with Gasteiger partial charge in [-0.2, -0.15) is 0 Å². The molecule has 0 atom stereocenters. The fourth-order valence-corrected chi connectivity index (χ4v) is 2.28. The van der Waals surface area contributed by atoms with E-state index in [2.05, 4.69) is 5.32 Å². The molecule has 5 heteroatoms. The molecular formula is C15H15FN2O2. The second-order valence-corrected chi connectivity index (χ2v) is 5.07. The number of hydrogen-bond donors (Lipinski definition) is 1. The summed E-state index contributed by atoms with van der Waals surface area (Å²) >= 11 is 0. The molecule has 1 aromatic heterocycles. The molecule has 0 aliphatic heterocycles. The molecule has 1 saturated carbocycles. The molecule has 0 spiro atoms. The zero-order valence-corrected chi connectivity index (χ0v) is 11.1. The van der Waals surface area contributed by atoms with E-state index in [4.69, 9.17) is 0 Å². The number of aromatic nitrogens is 1. The van der Waals surface area contributed by atoms with E-state index >= 15 is 0 Å². The molecule has 3 rings (SSSR count). The van der Waals surface area contributed by atoms with Crippen molar-refractivity contribution in [1.29, 1.82) is 0 Å². The fraction of sp³-hybridized carbons (Fsp3) is 0.333. The van der Waals surface area contributed by atoms with Crippen molar-refractivity contribution >= 4 is 16.8 Å². The van der Waals surface area contributed by atoms with Gasteiger partial charge in [0.2, 0.25) is 5.43 Å². The number of benzene rings is 1. The Hall–Kier alpha value is -2.17. The van der Waals surface area contributed by atoms with E-state index in [-0.39, 0.29) is 22.9 Å². The van der Waals surface area contributed by atoms with Crippen LogP contribution in [0.3, 0.4) is 0 Å². The van der Waals surface area contributed by atoms with Crippen LogP contribution < -0.4 is 10.7 Å². The highest BCUT2D eigenvalue weighted by Crippen LogP contribution is 2.19. The zero-order valence-electron chi connectivity index (χ0n) is 11.1. The quantitative estimate of drug-likeness (QED) is 0.931. The lowest BCUT2D eigenvalue weighted by Gasteiger charge is -2.11. The topological polar surface area (TPSA) is 51.1 Å². The second-order valence-electron chi connectivity index (χ2n) is 5.07. The summed E-state index contributed by atoms with van der Waals surface area (Å²) in [5, 5.41) is 3.18. The predicted molar refractivity (Wildman–Crippen MR) is 74.3 cm³/mol. The maximum absolute atomic E-state index is 13.3. The van der Waals surface area contributed by atoms with Crippen molar-refractivity contribution in [3.63, 3.8) is 0 Å². The number of carbonyl (C=O) groups excluding carboxylic acids is 1. The lowest BCUT2D eigenvalue weighted by atomic mass is 10.1. The van der Waals surface area contributed by atoms with E-state index in [0.29, 0.717) is 17.4 Å². The highest BCUT2D eigenvalue weighted by atomic mass is 19.1. The third-order valence-corrected chi connectivity index (χ3v) is 3.54. The summed E-state index contributed by atoms with van der Waals surface area (Å²) in [4.78, 5) is 24.5. The van der Waals surface area contributed by atoms with Gasteiger partial charge in [-0.15, -0.1) is 0 Å². The molecule has 0 saturated heterocycles. The number of amides is 1. The normalized spacial score (nSPS) is 14.5. The molecule has 4 nitrogen and oxygen atoms in total. The van der Waals surface area contributed by atoms with Crippen LogP contribution in [0.2, 0.25) is 0 Å². The molecule has 2 aromatic rings. The molecule has 1 N–H and O–H groups in total. The maximum Gasteiger partial charge on any atom is 0.256 e. The summed E-state index contributed by atoms with van der Waals surface area (Å²) < 4.78 is 15.1. The van der Waals surface area contributed by atoms with Crippen molar-refractivity contribution in [2.24, 2.45) is 0 Å². The van der Waals surface area contributed by atoms with Gasteiger partial charge in [0.1, 0.15) is 11.4 Å². The molecule has 0 radical (unpaired) electrons. The van der Waals surface area contributed by atoms with Gasteiger partial charge in [0, 0.05) is 24.2 Å². The highest BCUT2D eigenvalue weighted by Gasteiger charge is 2.25. The molecule has 1 amide bonds. The second kappa shape index (κ2) is 4.74. The Morgan fingerprint density at radius 1 is 1.45 bits per heavy atom. The Balaban J connectivity index is 2.18. The van der Waals surface area contributed by atoms with Crippen molar-refractivity contribution in [1.82, 2.24) is 9.88 Å². The highest BCUT2D eigenvalue weighted by molar-refractivity contribution is 5.97. The Morgan fingerprint density at radius 2 is 2.20 bits per heavy atom. The molecule has 104 valence electrons. The van der Waals surface area contributed by atoms with E-state index in [1.807, 2.05) is 6.92 Å². The molecule has 20 heavy (non-hydrogen) atoms. The van der Waals surface area contributed by atoms with Gasteiger partial charge in [0.05, 0.1) is 5.52 Å². The molecule has 1 aliphatic rings. The SMILES string of the molecule is CCn1cc(C(=O)NC2CC2)c(=O)c2ccc(F)cc21. The summed E-state index contributed by atoms with van der Waals surface area (Å²) in [5.41, 5.74) is 0.293. The summed E-state index contributed by atoms with van der Waals surface area (Å²) in [6.45, 7) is 2.45. The van der Waals surface area contributed by atoms with Crippen molar-refractivity contribution < 1.29 is 9.18 Å². The number of pyridine rings is 1. The van der Waals surface area contributed by atoms with Crippen LogP contribution in [0.5, 0.6) is 0 Å². The standard InChI is InChI=1S/C15H15FN2O2/c1-2-18-8-12(15(20)17-10-4-5-10)14(19)11-6-3-9(16)7-13(11)18/h3,6-8,10H,2,4-5H2,1H3,(H,17,20). The minimum Gasteiger partial charge on any atom is -0.349 e. The van der Waals surface area contributed by atoms with Crippen molar-refractivity contribution in [2.75, 3.05) is 0 Å². The Labute approximate surface area is 115 Å². The predicted octanol–water partition coefficient (Wildman–Crippen LogP) is 2.05. The van der Waals surface area contributed by atoms with Crippen LogP contribution in [0.1, 0.15) is 30.1 Å². The smallest absolute Gasteiger partial charge is 0.256 e. The Kier molecular flexibility index (Phi) is 3.04. The summed E-state index contributed by atoms with van der Waals surface area (Å²) in [5.74, 6) is -0.736. The first kappa shape index (κ1) is 12.8. The first-order chi connectivity index (χ1) is 9.60. The molecule has 1 heterocycles. The fourth-order valence-electron chi connectivity index (χ4n) is 2.28. The number of hydrogen-bond acceptors (Lipinski definition) is 2. The maximum atomic E-state index is 13.3. The number of nitrogens with one attached hydrogen (secondary N) is 1. The van der Waals surface area contributed by atoms with Gasteiger partial charge < -0.3 is 9.88 Å². The van der Waals surface area contributed by atoms with Gasteiger partial charge in [0.25, 0.3) is 5.91 Å². The van der Waals surface area contributed by atoms with Crippen LogP contribution in [0.25, 0.3) is 10.9 Å². The van der Waals surface area contributed by atoms with E-state index in [9.17, 15) is 14.0 Å². The Morgan fingerprint density at radius 3 is 2.85 bits per heavy atom. The lowest BCUT2D eigenvalue weighted by molar-refractivity contribution is 0.0949. The molecule has 0 unspecified atom stereocenters. The minimum absolute atomic E-state index is 0.123. The number of rotatable bonds is 3. The van der Waals surface area contributed by atoms with Crippen molar-refractivity contribution in [3.05, 3.63) is 46.0 Å². The van der Waals surface area contributed by atoms with Crippen LogP contribution in [0.15, 0.2) is 29.2 Å². The molecule has 1 fully saturated rings. The van der Waals surface area contributed by atoms with Crippen molar-refractivity contribution in [2.45, 2.75) is 32.4 Å². The van der Waals surface area contributed by atoms with Gasteiger partial charge in [0.15, 0.2) is 0 Å². The first-order valence-corrected chi connectivity index (χ1v) is 6.73. The minimum atomic E-state index is -0.394. The molecule has 1 aromatic carbocycles. The summed E-state index contributed by atoms with van der Waals surface area (Å²) in [6, 6.07) is 4.20. The van der Waals surface area contributed by atoms with Crippen LogP contribution in [0, 0.1) is 5.82 Å². The number of fused-ring (bicyclic) bond motifs is 1. The van der Waals surface area contributed by atoms with Crippen LogP contribution in [-0.4, -0.2) is 16.5 Å². The molecular weight excluding hydrogens is 259 g/mol. The number of aryl methyl sites for hydroxylation is 1. The monoisotopic (exact) mass is 274 g/mol. The van der Waals surface area contributed by atoms with Gasteiger partial charge in [-0.25, -0.2) is 4.39 Å². The van der Waals surface area contributed by atoms with Gasteiger partial charge >= 0.3 is 0 Å². The number of nitrogens with zero attached hydrogens (tertiary/aromatic N) is 1. The van der Waals surface area contributed by atoms with E-state index in [1.165, 1.54) is 24.4 Å². The molecule has 0 bridgehead atoms. The number of carbonyl (C=O) groups is 1. The third-order valence-electron chi connectivity index (χ3n) is 3.54. The van der Waals surface area contributed by atoms with Gasteiger partial charge in [-0.3, -0.25) is 9.59 Å². The number of halogens is 1. The average Bonchev–Trinajstić information content (AvgIpc) is 3.23. The van der Waals surface area contributed by atoms with Gasteiger partial charge in [-0.05, 0) is 38.0 Å². The first-order valence-electron chi connectivity index (χ1n) is 6.73. The van der Waals surface area contributed by atoms with E-state index in [1.54, 1.807) is 4.57 Å². The van der Waals surface area contributed by atoms with Crippen LogP contribution in [0.4, 0.5) is 4.39 Å². The third kappa shape index (κ3) is 2.19. The van der Waals surface area contributed by atoms with Crippen LogP contribution >= 0.6 is 0 Å². The Bertz CT molecular complexity index is 747. The lowest BCUT2D eigenvalue weighted by Crippen LogP contribution is -2.31. The van der Waals surface area contributed by atoms with E-state index < -0.39 is 5.82 Å². The van der Waals surface area contributed by atoms with E-state index in [0.717, 1.165) is 12.8 Å². The summed E-state index contributed by atoms with van der Waals surface area (Å²) in [6.07, 6.45) is 3.45. The zero-order chi connectivity index (χ0) is 14.3. The largest absolute Gasteiger partial charge is 0.349 e. The van der Waals surface area contributed by atoms with Crippen LogP contribution in [-0.2, 0) is 6.54 Å². The van der Waals surface area contributed by atoms with Crippen molar-refractivity contribution in [3.8, 4) is 0 Å². The van der Waals surface area contributed by atoms with Gasteiger partial charge in [-0.1, -0.05) is 0 Å². The summed E-state index contributed by atoms with van der Waals surface area (Å²) in [7, 11) is 0.